The van der Waals surface area contributed by atoms with Gasteiger partial charge in [-0.25, -0.2) is 18.1 Å². The van der Waals surface area contributed by atoms with Crippen LogP contribution in [0.2, 0.25) is 0 Å². The second-order valence-corrected chi connectivity index (χ2v) is 8.33. The van der Waals surface area contributed by atoms with Gasteiger partial charge in [0.05, 0.1) is 19.3 Å². The van der Waals surface area contributed by atoms with Gasteiger partial charge in [0, 0.05) is 12.7 Å². The SMILES string of the molecule is COc1cc(C)c(C)cc1S(=O)(=O)NCc1nc2c(n1C)CCCC2. The number of hydrogen-bond donors (Lipinski definition) is 1. The average Bonchev–Trinajstić information content (AvgIpc) is 2.91. The average molecular weight is 363 g/mol. The second-order valence-electron chi connectivity index (χ2n) is 6.60. The number of ether oxygens (including phenoxy) is 1. The summed E-state index contributed by atoms with van der Waals surface area (Å²) in [5, 5.41) is 0. The van der Waals surface area contributed by atoms with Crippen molar-refractivity contribution >= 4 is 10.0 Å². The van der Waals surface area contributed by atoms with Crippen LogP contribution in [0.5, 0.6) is 5.75 Å². The molecule has 136 valence electrons. The molecule has 0 bridgehead atoms. The van der Waals surface area contributed by atoms with Gasteiger partial charge in [0.1, 0.15) is 16.5 Å². The van der Waals surface area contributed by atoms with E-state index in [0.29, 0.717) is 5.75 Å². The third kappa shape index (κ3) is 3.43. The minimum Gasteiger partial charge on any atom is -0.495 e. The molecule has 6 nitrogen and oxygen atoms in total. The minimum atomic E-state index is -3.69. The lowest BCUT2D eigenvalue weighted by Gasteiger charge is -2.13. The molecule has 2 aromatic rings. The highest BCUT2D eigenvalue weighted by Crippen LogP contribution is 2.27. The van der Waals surface area contributed by atoms with Crippen molar-refractivity contribution in [1.29, 1.82) is 0 Å². The summed E-state index contributed by atoms with van der Waals surface area (Å²) in [6.45, 7) is 3.99. The number of fused-ring (bicyclic) bond motifs is 1. The van der Waals surface area contributed by atoms with Gasteiger partial charge in [-0.3, -0.25) is 0 Å². The van der Waals surface area contributed by atoms with E-state index in [1.165, 1.54) is 12.8 Å². The molecule has 0 unspecified atom stereocenters. The number of aryl methyl sites for hydroxylation is 3. The van der Waals surface area contributed by atoms with Gasteiger partial charge in [-0.2, -0.15) is 0 Å². The molecular weight excluding hydrogens is 338 g/mol. The van der Waals surface area contributed by atoms with Crippen LogP contribution in [0.3, 0.4) is 0 Å². The number of hydrogen-bond acceptors (Lipinski definition) is 4. The first-order valence-corrected chi connectivity index (χ1v) is 10.00. The van der Waals surface area contributed by atoms with Crippen molar-refractivity contribution in [2.45, 2.75) is 51.0 Å². The summed E-state index contributed by atoms with van der Waals surface area (Å²) in [5.74, 6) is 1.10. The lowest BCUT2D eigenvalue weighted by molar-refractivity contribution is 0.401. The summed E-state index contributed by atoms with van der Waals surface area (Å²) in [4.78, 5) is 4.79. The van der Waals surface area contributed by atoms with Crippen molar-refractivity contribution < 1.29 is 13.2 Å². The predicted octanol–water partition coefficient (Wildman–Crippen LogP) is 2.40. The highest BCUT2D eigenvalue weighted by atomic mass is 32.2. The first-order valence-electron chi connectivity index (χ1n) is 8.51. The van der Waals surface area contributed by atoms with Crippen LogP contribution in [-0.4, -0.2) is 25.1 Å². The van der Waals surface area contributed by atoms with E-state index in [4.69, 9.17) is 4.74 Å². The van der Waals surface area contributed by atoms with Crippen molar-refractivity contribution in [3.63, 3.8) is 0 Å². The molecular formula is C18H25N3O3S. The van der Waals surface area contributed by atoms with Gasteiger partial charge in [0.25, 0.3) is 0 Å². The maximum atomic E-state index is 12.8. The zero-order valence-electron chi connectivity index (χ0n) is 15.2. The Bertz CT molecular complexity index is 901. The van der Waals surface area contributed by atoms with Crippen molar-refractivity contribution in [1.82, 2.24) is 14.3 Å². The molecule has 0 fully saturated rings. The van der Waals surface area contributed by atoms with Crippen molar-refractivity contribution in [3.05, 3.63) is 40.5 Å². The summed E-state index contributed by atoms with van der Waals surface area (Å²) < 4.78 is 35.5. The van der Waals surface area contributed by atoms with Crippen LogP contribution < -0.4 is 9.46 Å². The van der Waals surface area contributed by atoms with Crippen LogP contribution >= 0.6 is 0 Å². The Labute approximate surface area is 149 Å². The summed E-state index contributed by atoms with van der Waals surface area (Å²) in [5.41, 5.74) is 4.23. The molecule has 25 heavy (non-hydrogen) atoms. The molecule has 1 aliphatic carbocycles. The molecule has 7 heteroatoms. The fraction of sp³-hybridized carbons (Fsp3) is 0.500. The quantitative estimate of drug-likeness (QED) is 0.885. The Hall–Kier alpha value is -1.86. The molecule has 1 aromatic heterocycles. The molecule has 3 rings (SSSR count). The third-order valence-corrected chi connectivity index (χ3v) is 6.38. The van der Waals surface area contributed by atoms with Gasteiger partial charge in [-0.05, 0) is 62.8 Å². The fourth-order valence-corrected chi connectivity index (χ4v) is 4.48. The van der Waals surface area contributed by atoms with E-state index in [1.54, 1.807) is 12.1 Å². The van der Waals surface area contributed by atoms with Crippen LogP contribution in [0.15, 0.2) is 17.0 Å². The predicted molar refractivity (Wildman–Crippen MR) is 96.3 cm³/mol. The number of sulfonamides is 1. The van der Waals surface area contributed by atoms with Crippen LogP contribution in [0.4, 0.5) is 0 Å². The van der Waals surface area contributed by atoms with Crippen molar-refractivity contribution in [3.8, 4) is 5.75 Å². The zero-order valence-corrected chi connectivity index (χ0v) is 16.0. The number of rotatable bonds is 5. The smallest absolute Gasteiger partial charge is 0.244 e. The number of methoxy groups -OCH3 is 1. The molecule has 1 N–H and O–H groups in total. The first kappa shape index (κ1) is 17.9. The number of benzene rings is 1. The maximum absolute atomic E-state index is 12.8. The second kappa shape index (κ2) is 6.80. The van der Waals surface area contributed by atoms with Gasteiger partial charge >= 0.3 is 0 Å². The third-order valence-electron chi connectivity index (χ3n) is 4.96. The Morgan fingerprint density at radius 1 is 1.20 bits per heavy atom. The monoisotopic (exact) mass is 363 g/mol. The summed E-state index contributed by atoms with van der Waals surface area (Å²) in [7, 11) is -0.249. The summed E-state index contributed by atoms with van der Waals surface area (Å²) >= 11 is 0. The lowest BCUT2D eigenvalue weighted by Crippen LogP contribution is -2.25. The number of nitrogens with zero attached hydrogens (tertiary/aromatic N) is 2. The van der Waals surface area contributed by atoms with E-state index < -0.39 is 10.0 Å². The normalized spacial score (nSPS) is 14.4. The van der Waals surface area contributed by atoms with E-state index in [0.717, 1.165) is 48.3 Å². The number of nitrogens with one attached hydrogen (secondary N) is 1. The molecule has 0 amide bonds. The molecule has 0 atom stereocenters. The Morgan fingerprint density at radius 2 is 1.88 bits per heavy atom. The van der Waals surface area contributed by atoms with Crippen LogP contribution in [0, 0.1) is 13.8 Å². The molecule has 0 aliphatic heterocycles. The van der Waals surface area contributed by atoms with E-state index in [9.17, 15) is 8.42 Å². The Morgan fingerprint density at radius 3 is 2.56 bits per heavy atom. The maximum Gasteiger partial charge on any atom is 0.244 e. The molecule has 0 spiro atoms. The molecule has 1 heterocycles. The molecule has 1 aromatic carbocycles. The minimum absolute atomic E-state index is 0.164. The Balaban J connectivity index is 1.86. The topological polar surface area (TPSA) is 73.2 Å². The highest BCUT2D eigenvalue weighted by Gasteiger charge is 2.23. The van der Waals surface area contributed by atoms with Gasteiger partial charge < -0.3 is 9.30 Å². The zero-order chi connectivity index (χ0) is 18.2. The van der Waals surface area contributed by atoms with Gasteiger partial charge in [0.2, 0.25) is 10.0 Å². The molecule has 0 radical (unpaired) electrons. The first-order chi connectivity index (χ1) is 11.8. The number of imidazole rings is 1. The van der Waals surface area contributed by atoms with Gasteiger partial charge in [0.15, 0.2) is 0 Å². The Kier molecular flexibility index (Phi) is 4.88. The van der Waals surface area contributed by atoms with Crippen LogP contribution in [-0.2, 0) is 36.5 Å². The molecule has 1 aliphatic rings. The lowest BCUT2D eigenvalue weighted by atomic mass is 10.0. The molecule has 0 saturated carbocycles. The van der Waals surface area contributed by atoms with Crippen LogP contribution in [0.25, 0.3) is 0 Å². The van der Waals surface area contributed by atoms with E-state index >= 15 is 0 Å². The highest BCUT2D eigenvalue weighted by molar-refractivity contribution is 7.89. The van der Waals surface area contributed by atoms with Gasteiger partial charge in [-0.15, -0.1) is 0 Å². The van der Waals surface area contributed by atoms with E-state index in [2.05, 4.69) is 9.71 Å². The largest absolute Gasteiger partial charge is 0.495 e. The van der Waals surface area contributed by atoms with E-state index in [-0.39, 0.29) is 11.4 Å². The molecule has 0 saturated heterocycles. The standard InChI is InChI=1S/C18H25N3O3S/c1-12-9-16(24-4)17(10-13(12)2)25(22,23)19-11-18-20-14-7-5-6-8-15(14)21(18)3/h9-10,19H,5-8,11H2,1-4H3. The van der Waals surface area contributed by atoms with Crippen molar-refractivity contribution in [2.75, 3.05) is 7.11 Å². The van der Waals surface area contributed by atoms with Gasteiger partial charge in [-0.1, -0.05) is 0 Å². The summed E-state index contributed by atoms with van der Waals surface area (Å²) in [6, 6.07) is 3.41. The van der Waals surface area contributed by atoms with Crippen molar-refractivity contribution in [2.24, 2.45) is 7.05 Å². The fourth-order valence-electron chi connectivity index (χ4n) is 3.27. The number of aromatic nitrogens is 2. The van der Waals surface area contributed by atoms with E-state index in [1.807, 2.05) is 25.5 Å². The van der Waals surface area contributed by atoms with Crippen LogP contribution in [0.1, 0.15) is 41.2 Å². The summed E-state index contributed by atoms with van der Waals surface area (Å²) in [6.07, 6.45) is 4.30.